The number of halogens is 1. The van der Waals surface area contributed by atoms with Crippen LogP contribution >= 0.6 is 11.8 Å². The van der Waals surface area contributed by atoms with E-state index in [4.69, 9.17) is 4.74 Å². The molecule has 1 saturated heterocycles. The van der Waals surface area contributed by atoms with Gasteiger partial charge in [-0.2, -0.15) is 0 Å². The second kappa shape index (κ2) is 14.8. The summed E-state index contributed by atoms with van der Waals surface area (Å²) >= 11 is 1.60. The number of hydrogen-bond donors (Lipinski definition) is 1. The normalized spacial score (nSPS) is 17.5. The van der Waals surface area contributed by atoms with Crippen molar-refractivity contribution in [1.82, 2.24) is 10.2 Å². The van der Waals surface area contributed by atoms with Gasteiger partial charge in [0.1, 0.15) is 17.6 Å². The Morgan fingerprint density at radius 2 is 1.74 bits per heavy atom. The number of benzene rings is 2. The molecule has 2 unspecified atom stereocenters. The van der Waals surface area contributed by atoms with Crippen LogP contribution in [0.25, 0.3) is 0 Å². The van der Waals surface area contributed by atoms with Gasteiger partial charge >= 0.3 is 0 Å². The van der Waals surface area contributed by atoms with Crippen LogP contribution in [0.5, 0.6) is 5.75 Å². The lowest BCUT2D eigenvalue weighted by Gasteiger charge is -2.30. The van der Waals surface area contributed by atoms with Gasteiger partial charge in [-0.1, -0.05) is 79.7 Å². The fourth-order valence-electron chi connectivity index (χ4n) is 5.14. The lowest BCUT2D eigenvalue weighted by molar-refractivity contribution is -0.124. The topological polar surface area (TPSA) is 58.6 Å². The Kier molecular flexibility index (Phi) is 11.9. The fraction of sp³-hybridized carbons (Fsp3) is 0.600. The third-order valence-electron chi connectivity index (χ3n) is 8.79. The van der Waals surface area contributed by atoms with Gasteiger partial charge in [-0.15, -0.1) is 11.8 Å². The van der Waals surface area contributed by atoms with E-state index in [2.05, 4.69) is 78.9 Å². The molecule has 0 aliphatic carbocycles. The van der Waals surface area contributed by atoms with Crippen molar-refractivity contribution in [2.75, 3.05) is 18.9 Å². The largest absolute Gasteiger partial charge is 0.493 e. The molecular formula is C35H51FN2O3S. The minimum absolute atomic E-state index is 0.00182. The number of carbonyl (C=O) groups is 2. The molecule has 232 valence electrons. The minimum Gasteiger partial charge on any atom is -0.493 e. The van der Waals surface area contributed by atoms with Crippen molar-refractivity contribution in [2.24, 2.45) is 5.92 Å². The molecule has 42 heavy (non-hydrogen) atoms. The number of carbonyl (C=O) groups excluding carboxylic acids is 2. The highest BCUT2D eigenvalue weighted by atomic mass is 32.2. The molecule has 2 aromatic carbocycles. The Bertz CT molecular complexity index is 1210. The van der Waals surface area contributed by atoms with Crippen LogP contribution in [0, 0.1) is 11.7 Å². The number of rotatable bonds is 14. The molecule has 7 heteroatoms. The second-order valence-electron chi connectivity index (χ2n) is 13.2. The van der Waals surface area contributed by atoms with Crippen LogP contribution in [0.3, 0.4) is 0 Å². The SMILES string of the molecule is CCC(C)(C)c1ccc(OCCCCNC(=O)C2CSC(CC(C)C)N2C(=O)c2ccccc2F)c(C(C)(C)CC)c1. The van der Waals surface area contributed by atoms with Crippen molar-refractivity contribution >= 4 is 23.6 Å². The van der Waals surface area contributed by atoms with Gasteiger partial charge in [0.2, 0.25) is 5.91 Å². The number of amides is 2. The predicted molar refractivity (Wildman–Crippen MR) is 173 cm³/mol. The molecule has 0 spiro atoms. The molecule has 1 N–H and O–H groups in total. The number of ether oxygens (including phenoxy) is 1. The summed E-state index contributed by atoms with van der Waals surface area (Å²) in [6, 6.07) is 12.0. The van der Waals surface area contributed by atoms with E-state index in [1.54, 1.807) is 28.8 Å². The maximum atomic E-state index is 14.5. The average Bonchev–Trinajstić information content (AvgIpc) is 3.37. The molecular weight excluding hydrogens is 547 g/mol. The summed E-state index contributed by atoms with van der Waals surface area (Å²) in [5.74, 6) is 0.627. The van der Waals surface area contributed by atoms with Gasteiger partial charge < -0.3 is 15.0 Å². The van der Waals surface area contributed by atoms with E-state index in [1.165, 1.54) is 23.3 Å². The van der Waals surface area contributed by atoms with Gasteiger partial charge in [0.25, 0.3) is 5.91 Å². The Morgan fingerprint density at radius 3 is 2.38 bits per heavy atom. The summed E-state index contributed by atoms with van der Waals surface area (Å²) in [7, 11) is 0. The maximum Gasteiger partial charge on any atom is 0.258 e. The van der Waals surface area contributed by atoms with E-state index in [-0.39, 0.29) is 27.7 Å². The monoisotopic (exact) mass is 598 g/mol. The number of unbranched alkanes of at least 4 members (excludes halogenated alkanes) is 1. The molecule has 2 aromatic rings. The number of nitrogens with one attached hydrogen (secondary N) is 1. The molecule has 0 bridgehead atoms. The number of hydrogen-bond acceptors (Lipinski definition) is 4. The zero-order valence-electron chi connectivity index (χ0n) is 26.9. The summed E-state index contributed by atoms with van der Waals surface area (Å²) in [5, 5.41) is 2.87. The van der Waals surface area contributed by atoms with Crippen molar-refractivity contribution in [2.45, 2.75) is 110 Å². The minimum atomic E-state index is -0.619. The molecule has 3 rings (SSSR count). The Labute approximate surface area is 257 Å². The van der Waals surface area contributed by atoms with Crippen molar-refractivity contribution in [3.8, 4) is 5.75 Å². The summed E-state index contributed by atoms with van der Waals surface area (Å²) in [4.78, 5) is 28.3. The molecule has 2 amide bonds. The van der Waals surface area contributed by atoms with Gasteiger partial charge in [0.15, 0.2) is 0 Å². The van der Waals surface area contributed by atoms with Crippen molar-refractivity contribution in [1.29, 1.82) is 0 Å². The fourth-order valence-corrected chi connectivity index (χ4v) is 6.78. The highest BCUT2D eigenvalue weighted by Crippen LogP contribution is 2.39. The molecule has 0 radical (unpaired) electrons. The molecule has 0 saturated carbocycles. The van der Waals surface area contributed by atoms with Crippen LogP contribution in [0.15, 0.2) is 42.5 Å². The van der Waals surface area contributed by atoms with Crippen molar-refractivity contribution in [3.63, 3.8) is 0 Å². The first-order chi connectivity index (χ1) is 19.8. The smallest absolute Gasteiger partial charge is 0.258 e. The van der Waals surface area contributed by atoms with Gasteiger partial charge in [0.05, 0.1) is 17.5 Å². The molecule has 2 atom stereocenters. The van der Waals surface area contributed by atoms with E-state index in [0.717, 1.165) is 37.9 Å². The van der Waals surface area contributed by atoms with E-state index in [1.807, 2.05) is 0 Å². The summed E-state index contributed by atoms with van der Waals surface area (Å²) in [6.07, 6.45) is 4.38. The van der Waals surface area contributed by atoms with Gasteiger partial charge in [-0.3, -0.25) is 9.59 Å². The quantitative estimate of drug-likeness (QED) is 0.223. The molecule has 5 nitrogen and oxygen atoms in total. The van der Waals surface area contributed by atoms with Crippen molar-refractivity contribution < 1.29 is 18.7 Å². The maximum absolute atomic E-state index is 14.5. The van der Waals surface area contributed by atoms with Crippen LogP contribution in [0.4, 0.5) is 4.39 Å². The lowest BCUT2D eigenvalue weighted by Crippen LogP contribution is -2.50. The van der Waals surface area contributed by atoms with E-state index < -0.39 is 17.8 Å². The third kappa shape index (κ3) is 8.30. The highest BCUT2D eigenvalue weighted by molar-refractivity contribution is 8.00. The standard InChI is InChI=1S/C35H51FN2O3S/c1-9-34(5,6)25-17-18-30(27(22-25)35(7,8)10-2)41-20-14-13-19-37-32(39)29-23-42-31(21-24(3)4)38(29)33(40)26-15-11-12-16-28(26)36/h11-12,15-18,22,24,29,31H,9-10,13-14,19-21,23H2,1-8H3,(H,37,39). The summed E-state index contributed by atoms with van der Waals surface area (Å²) in [6.45, 7) is 18.8. The highest BCUT2D eigenvalue weighted by Gasteiger charge is 2.42. The van der Waals surface area contributed by atoms with Gasteiger partial charge in [0, 0.05) is 17.9 Å². The third-order valence-corrected chi connectivity index (χ3v) is 10.1. The summed E-state index contributed by atoms with van der Waals surface area (Å²) in [5.41, 5.74) is 2.70. The Balaban J connectivity index is 1.58. The predicted octanol–water partition coefficient (Wildman–Crippen LogP) is 8.11. The van der Waals surface area contributed by atoms with Crippen LogP contribution in [-0.4, -0.2) is 47.0 Å². The van der Waals surface area contributed by atoms with E-state index in [0.29, 0.717) is 24.8 Å². The Morgan fingerprint density at radius 1 is 1.05 bits per heavy atom. The van der Waals surface area contributed by atoms with E-state index >= 15 is 0 Å². The lowest BCUT2D eigenvalue weighted by atomic mass is 9.76. The Hall–Kier alpha value is -2.54. The molecule has 1 aliphatic rings. The summed E-state index contributed by atoms with van der Waals surface area (Å²) < 4.78 is 20.8. The molecule has 1 aliphatic heterocycles. The van der Waals surface area contributed by atoms with Crippen LogP contribution in [0.1, 0.15) is 109 Å². The zero-order valence-corrected chi connectivity index (χ0v) is 27.7. The van der Waals surface area contributed by atoms with Crippen molar-refractivity contribution in [3.05, 3.63) is 65.0 Å². The molecule has 0 aromatic heterocycles. The molecule has 1 fully saturated rings. The average molecular weight is 599 g/mol. The van der Waals surface area contributed by atoms with Crippen LogP contribution < -0.4 is 10.1 Å². The first kappa shape index (κ1) is 34.0. The molecule has 1 heterocycles. The van der Waals surface area contributed by atoms with Crippen LogP contribution in [-0.2, 0) is 15.6 Å². The zero-order chi connectivity index (χ0) is 31.1. The second-order valence-corrected chi connectivity index (χ2v) is 14.4. The first-order valence-corrected chi connectivity index (χ1v) is 16.6. The first-order valence-electron chi connectivity index (χ1n) is 15.6. The van der Waals surface area contributed by atoms with Crippen LogP contribution in [0.2, 0.25) is 0 Å². The number of thioether (sulfide) groups is 1. The van der Waals surface area contributed by atoms with E-state index in [9.17, 15) is 14.0 Å². The van der Waals surface area contributed by atoms with Gasteiger partial charge in [-0.05, 0) is 72.6 Å². The number of nitrogens with zero attached hydrogens (tertiary/aromatic N) is 1. The van der Waals surface area contributed by atoms with Gasteiger partial charge in [-0.25, -0.2) is 4.39 Å².